The molecular weight excluding hydrogens is 486 g/mol. The van der Waals surface area contributed by atoms with Crippen molar-refractivity contribution in [2.75, 3.05) is 19.2 Å². The quantitative estimate of drug-likeness (QED) is 0.288. The Hall–Kier alpha value is -4.62. The van der Waals surface area contributed by atoms with Crippen molar-refractivity contribution in [2.24, 2.45) is 10.2 Å². The lowest BCUT2D eigenvalue weighted by Crippen LogP contribution is -2.90. The minimum absolute atomic E-state index is 0.156. The van der Waals surface area contributed by atoms with E-state index in [-0.39, 0.29) is 11.4 Å². The first-order chi connectivity index (χ1) is 17.5. The van der Waals surface area contributed by atoms with Crippen LogP contribution in [-0.4, -0.2) is 29.0 Å². The van der Waals surface area contributed by atoms with Crippen LogP contribution < -0.4 is 30.7 Å². The molecule has 0 saturated heterocycles. The van der Waals surface area contributed by atoms with Crippen molar-refractivity contribution >= 4 is 34.1 Å². The van der Waals surface area contributed by atoms with Gasteiger partial charge in [0.15, 0.2) is 11.4 Å². The van der Waals surface area contributed by atoms with Gasteiger partial charge in [-0.25, -0.2) is 4.98 Å². The van der Waals surface area contributed by atoms with Crippen LogP contribution in [0.15, 0.2) is 74.9 Å². The molecule has 0 radical (unpaired) electrons. The second-order valence-electron chi connectivity index (χ2n) is 7.57. The molecular formula is C23H21N7O5S. The van der Waals surface area contributed by atoms with Gasteiger partial charge in [0.05, 0.1) is 31.3 Å². The zero-order valence-electron chi connectivity index (χ0n) is 19.5. The maximum absolute atomic E-state index is 13.1. The number of hydrogen-bond donors (Lipinski definition) is 2. The van der Waals surface area contributed by atoms with Crippen LogP contribution in [0.3, 0.4) is 0 Å². The van der Waals surface area contributed by atoms with Crippen molar-refractivity contribution in [3.05, 3.63) is 81.6 Å². The third-order valence-electron chi connectivity index (χ3n) is 5.35. The molecule has 5 rings (SSSR count). The number of H-pyrrole nitrogens is 1. The Bertz CT molecular complexity index is 1500. The number of aromatic nitrogens is 3. The number of aromatic amines is 1. The van der Waals surface area contributed by atoms with E-state index in [0.29, 0.717) is 39.4 Å². The Morgan fingerprint density at radius 2 is 1.72 bits per heavy atom. The highest BCUT2D eigenvalue weighted by Crippen LogP contribution is 2.30. The number of nitrogens with two attached hydrogens (primary N) is 1. The number of benzene rings is 2. The molecule has 1 aliphatic heterocycles. The Morgan fingerprint density at radius 1 is 1.06 bits per heavy atom. The Balaban J connectivity index is 1.42. The smallest absolute Gasteiger partial charge is 0.301 e. The summed E-state index contributed by atoms with van der Waals surface area (Å²) in [6.45, 7) is 1.72. The number of anilines is 1. The van der Waals surface area contributed by atoms with Crippen LogP contribution in [0.4, 0.5) is 17.1 Å². The zero-order chi connectivity index (χ0) is 25.2. The molecule has 0 fully saturated rings. The third-order valence-corrected chi connectivity index (χ3v) is 6.18. The van der Waals surface area contributed by atoms with E-state index in [1.165, 1.54) is 21.6 Å². The van der Waals surface area contributed by atoms with Crippen LogP contribution in [0.2, 0.25) is 0 Å². The number of hydrogen-bond acceptors (Lipinski definition) is 10. The number of thiazole rings is 1. The van der Waals surface area contributed by atoms with Gasteiger partial charge in [-0.2, -0.15) is 14.8 Å². The summed E-state index contributed by atoms with van der Waals surface area (Å²) < 4.78 is 11.6. The largest absolute Gasteiger partial charge is 0.540 e. The van der Waals surface area contributed by atoms with Gasteiger partial charge in [0.1, 0.15) is 23.1 Å². The van der Waals surface area contributed by atoms with E-state index >= 15 is 0 Å². The lowest BCUT2D eigenvalue weighted by atomic mass is 10.2. The van der Waals surface area contributed by atoms with Crippen LogP contribution in [0.1, 0.15) is 11.4 Å². The van der Waals surface area contributed by atoms with Crippen molar-refractivity contribution in [1.82, 2.24) is 14.8 Å². The number of nitrogens with zero attached hydrogens (tertiary/aromatic N) is 5. The van der Waals surface area contributed by atoms with Crippen molar-refractivity contribution in [3.8, 4) is 16.6 Å². The molecule has 0 unspecified atom stereocenters. The van der Waals surface area contributed by atoms with E-state index in [1.54, 1.807) is 80.1 Å². The minimum atomic E-state index is -0.549. The summed E-state index contributed by atoms with van der Waals surface area (Å²) in [5, 5.41) is 27.4. The summed E-state index contributed by atoms with van der Waals surface area (Å²) in [6.07, 6.45) is 0. The fraction of sp³-hybridized carbons (Fsp3) is 0.130. The summed E-state index contributed by atoms with van der Waals surface area (Å²) in [6, 6.07) is 14.1. The molecule has 0 bridgehead atoms. The number of aryl methyl sites for hydroxylation is 1. The lowest BCUT2D eigenvalue weighted by Gasteiger charge is -2.16. The summed E-state index contributed by atoms with van der Waals surface area (Å²) in [5.74, 6) is 0.830. The topological polar surface area (TPSA) is 146 Å². The Kier molecular flexibility index (Phi) is 6.14. The zero-order valence-corrected chi connectivity index (χ0v) is 20.3. The Morgan fingerprint density at radius 3 is 2.39 bits per heavy atom. The van der Waals surface area contributed by atoms with Gasteiger partial charge >= 0.3 is 5.56 Å². The number of methoxy groups -OCH3 is 2. The maximum atomic E-state index is 13.1. The molecule has 4 aromatic rings. The van der Waals surface area contributed by atoms with Crippen LogP contribution in [0.25, 0.3) is 10.8 Å². The van der Waals surface area contributed by atoms with E-state index in [0.717, 1.165) is 0 Å². The number of ether oxygens (including phenoxy) is 2. The minimum Gasteiger partial charge on any atom is -0.540 e. The average Bonchev–Trinajstić information content (AvgIpc) is 3.60. The first-order valence-corrected chi connectivity index (χ1v) is 11.5. The molecule has 13 heteroatoms. The average molecular weight is 508 g/mol. The molecule has 3 heterocycles. The lowest BCUT2D eigenvalue weighted by molar-refractivity contribution is -0.890. The molecule has 0 saturated carbocycles. The SMILES string of the molecule is COc1ccc(N=Nc2c(C)[nH]n(-c3nc(C4=C([O-])O[NH2+]N4c4ccc(OC)cc4)cs3)c2=O)cc1. The Labute approximate surface area is 208 Å². The highest BCUT2D eigenvalue weighted by atomic mass is 32.1. The number of azo groups is 1. The van der Waals surface area contributed by atoms with Crippen molar-refractivity contribution in [1.29, 1.82) is 0 Å². The van der Waals surface area contributed by atoms with Gasteiger partial charge in [0, 0.05) is 5.38 Å². The second-order valence-corrected chi connectivity index (χ2v) is 8.40. The summed E-state index contributed by atoms with van der Waals surface area (Å²) in [4.78, 5) is 22.7. The summed E-state index contributed by atoms with van der Waals surface area (Å²) in [5.41, 5.74) is 3.46. The molecule has 184 valence electrons. The van der Waals surface area contributed by atoms with Crippen molar-refractivity contribution in [3.63, 3.8) is 0 Å². The standard InChI is InChI=1S/C23H21N7O5S/c1-13-19(26-25-14-4-8-16(33-2)9-5-14)21(31)30(27-13)23-24-18(12-36-23)20-22(32)35-28-29(20)15-6-10-17(34-3)11-7-15/h4-12,27-28,32H,1-3H3. The van der Waals surface area contributed by atoms with Crippen LogP contribution >= 0.6 is 11.3 Å². The molecule has 1 aliphatic rings. The van der Waals surface area contributed by atoms with Crippen LogP contribution in [-0.2, 0) is 4.84 Å². The molecule has 36 heavy (non-hydrogen) atoms. The highest BCUT2D eigenvalue weighted by Gasteiger charge is 2.28. The first kappa shape index (κ1) is 23.1. The van der Waals surface area contributed by atoms with Crippen LogP contribution in [0, 0.1) is 6.92 Å². The molecule has 2 aromatic heterocycles. The first-order valence-electron chi connectivity index (χ1n) is 10.7. The number of nitrogens with one attached hydrogen (secondary N) is 1. The van der Waals surface area contributed by atoms with Gasteiger partial charge in [-0.15, -0.1) is 22.0 Å². The van der Waals surface area contributed by atoms with E-state index in [4.69, 9.17) is 14.3 Å². The van der Waals surface area contributed by atoms with E-state index in [1.807, 2.05) is 0 Å². The monoisotopic (exact) mass is 507 g/mol. The van der Waals surface area contributed by atoms with Gasteiger partial charge in [-0.05, 0) is 55.5 Å². The van der Waals surface area contributed by atoms with E-state index in [2.05, 4.69) is 20.3 Å². The molecule has 0 spiro atoms. The molecule has 0 atom stereocenters. The van der Waals surface area contributed by atoms with Gasteiger partial charge in [0.25, 0.3) is 0 Å². The summed E-state index contributed by atoms with van der Waals surface area (Å²) >= 11 is 1.19. The fourth-order valence-corrected chi connectivity index (χ4v) is 4.26. The number of rotatable bonds is 7. The van der Waals surface area contributed by atoms with E-state index < -0.39 is 11.5 Å². The van der Waals surface area contributed by atoms with E-state index in [9.17, 15) is 9.90 Å². The van der Waals surface area contributed by atoms with Gasteiger partial charge in [-0.1, -0.05) is 0 Å². The molecule has 0 aliphatic carbocycles. The maximum Gasteiger partial charge on any atom is 0.301 e. The fourth-order valence-electron chi connectivity index (χ4n) is 3.49. The van der Waals surface area contributed by atoms with Gasteiger partial charge in [0.2, 0.25) is 5.13 Å². The highest BCUT2D eigenvalue weighted by molar-refractivity contribution is 7.12. The second kappa shape index (κ2) is 9.56. The molecule has 12 nitrogen and oxygen atoms in total. The van der Waals surface area contributed by atoms with Crippen LogP contribution in [0.5, 0.6) is 11.5 Å². The molecule has 3 N–H and O–H groups in total. The van der Waals surface area contributed by atoms with Gasteiger partial charge < -0.3 is 19.4 Å². The molecule has 2 aromatic carbocycles. The van der Waals surface area contributed by atoms with Gasteiger partial charge in [-0.3, -0.25) is 9.89 Å². The third kappa shape index (κ3) is 4.28. The summed E-state index contributed by atoms with van der Waals surface area (Å²) in [7, 11) is 3.16. The van der Waals surface area contributed by atoms with Crippen molar-refractivity contribution < 1.29 is 25.0 Å². The normalized spacial score (nSPS) is 13.5. The van der Waals surface area contributed by atoms with Crippen molar-refractivity contribution in [2.45, 2.75) is 6.92 Å². The number of quaternary nitrogens is 1. The predicted molar refractivity (Wildman–Crippen MR) is 129 cm³/mol. The predicted octanol–water partition coefficient (Wildman–Crippen LogP) is 2.28. The molecule has 0 amide bonds.